The minimum Gasteiger partial charge on any atom is -0.486 e. The lowest BCUT2D eigenvalue weighted by atomic mass is 10.1. The number of halogens is 1. The molecule has 1 atom stereocenters. The number of rotatable bonds is 3. The number of benzene rings is 1. The van der Waals surface area contributed by atoms with E-state index >= 15 is 0 Å². The second-order valence-corrected chi connectivity index (χ2v) is 5.49. The van der Waals surface area contributed by atoms with E-state index in [1.165, 1.54) is 12.8 Å². The summed E-state index contributed by atoms with van der Waals surface area (Å²) in [6.45, 7) is 3.00. The van der Waals surface area contributed by atoms with Gasteiger partial charge in [0.25, 0.3) is 5.91 Å². The molecular weight excluding hydrogens is 266 g/mol. The molecule has 3 rings (SSSR count). The van der Waals surface area contributed by atoms with Crippen molar-refractivity contribution in [1.29, 1.82) is 0 Å². The fourth-order valence-electron chi connectivity index (χ4n) is 2.25. The molecule has 1 aromatic carbocycles. The quantitative estimate of drug-likeness (QED) is 0.926. The molecule has 1 heterocycles. The largest absolute Gasteiger partial charge is 0.486 e. The van der Waals surface area contributed by atoms with Crippen molar-refractivity contribution in [3.05, 3.63) is 22.7 Å². The standard InChI is InChI=1S/C14H16ClNO3/c1-8(9-2-3-9)16-14(17)10-6-11(15)13-12(7-10)18-4-5-19-13/h6-9H,2-5H2,1H3,(H,16,17). The summed E-state index contributed by atoms with van der Waals surface area (Å²) in [4.78, 5) is 12.2. The van der Waals surface area contributed by atoms with Gasteiger partial charge in [0, 0.05) is 11.6 Å². The molecular formula is C14H16ClNO3. The number of ether oxygens (including phenoxy) is 2. The van der Waals surface area contributed by atoms with E-state index < -0.39 is 0 Å². The van der Waals surface area contributed by atoms with E-state index in [-0.39, 0.29) is 11.9 Å². The van der Waals surface area contributed by atoms with E-state index in [4.69, 9.17) is 21.1 Å². The zero-order chi connectivity index (χ0) is 13.4. The summed E-state index contributed by atoms with van der Waals surface area (Å²) in [6, 6.07) is 3.53. The van der Waals surface area contributed by atoms with E-state index in [9.17, 15) is 4.79 Å². The summed E-state index contributed by atoms with van der Waals surface area (Å²) in [5.41, 5.74) is 0.516. The molecule has 0 aromatic heterocycles. The average Bonchev–Trinajstić information content (AvgIpc) is 3.23. The summed E-state index contributed by atoms with van der Waals surface area (Å²) >= 11 is 6.12. The Kier molecular flexibility index (Phi) is 3.27. The van der Waals surface area contributed by atoms with Gasteiger partial charge in [-0.2, -0.15) is 0 Å². The summed E-state index contributed by atoms with van der Waals surface area (Å²) in [5, 5.41) is 3.42. The fourth-order valence-corrected chi connectivity index (χ4v) is 2.51. The van der Waals surface area contributed by atoms with Gasteiger partial charge in [0.1, 0.15) is 13.2 Å². The lowest BCUT2D eigenvalue weighted by molar-refractivity contribution is 0.0934. The predicted octanol–water partition coefficient (Wildman–Crippen LogP) is 2.64. The maximum atomic E-state index is 12.2. The van der Waals surface area contributed by atoms with E-state index in [1.54, 1.807) is 12.1 Å². The number of carbonyl (C=O) groups is 1. The highest BCUT2D eigenvalue weighted by Gasteiger charge is 2.29. The van der Waals surface area contributed by atoms with Gasteiger partial charge < -0.3 is 14.8 Å². The Morgan fingerprint density at radius 1 is 1.37 bits per heavy atom. The molecule has 1 N–H and O–H groups in total. The van der Waals surface area contributed by atoms with Gasteiger partial charge in [0.05, 0.1) is 5.02 Å². The van der Waals surface area contributed by atoms with Crippen LogP contribution in [0, 0.1) is 5.92 Å². The van der Waals surface area contributed by atoms with Crippen LogP contribution in [-0.4, -0.2) is 25.2 Å². The first-order valence-electron chi connectivity index (χ1n) is 6.55. The van der Waals surface area contributed by atoms with Crippen molar-refractivity contribution in [3.63, 3.8) is 0 Å². The molecule has 1 unspecified atom stereocenters. The Bertz CT molecular complexity index is 514. The molecule has 0 saturated heterocycles. The lowest BCUT2D eigenvalue weighted by Gasteiger charge is -2.20. The van der Waals surface area contributed by atoms with Crippen LogP contribution in [0.1, 0.15) is 30.1 Å². The number of amides is 1. The second-order valence-electron chi connectivity index (χ2n) is 5.08. The maximum absolute atomic E-state index is 12.2. The summed E-state index contributed by atoms with van der Waals surface area (Å²) in [5.74, 6) is 1.58. The highest BCUT2D eigenvalue weighted by molar-refractivity contribution is 6.32. The van der Waals surface area contributed by atoms with Gasteiger partial charge in [0.2, 0.25) is 0 Å². The highest BCUT2D eigenvalue weighted by Crippen LogP contribution is 2.38. The Morgan fingerprint density at radius 3 is 2.84 bits per heavy atom. The number of carbonyl (C=O) groups excluding carboxylic acids is 1. The first kappa shape index (κ1) is 12.6. The lowest BCUT2D eigenvalue weighted by Crippen LogP contribution is -2.34. The Balaban J connectivity index is 1.80. The summed E-state index contributed by atoms with van der Waals surface area (Å²) in [6.07, 6.45) is 2.40. The molecule has 4 nitrogen and oxygen atoms in total. The van der Waals surface area contributed by atoms with Gasteiger partial charge in [-0.25, -0.2) is 0 Å². The molecule has 1 aromatic rings. The average molecular weight is 282 g/mol. The third-order valence-corrected chi connectivity index (χ3v) is 3.83. The first-order valence-corrected chi connectivity index (χ1v) is 6.93. The highest BCUT2D eigenvalue weighted by atomic mass is 35.5. The van der Waals surface area contributed by atoms with Gasteiger partial charge in [-0.3, -0.25) is 4.79 Å². The summed E-state index contributed by atoms with van der Waals surface area (Å²) in [7, 11) is 0. The molecule has 5 heteroatoms. The molecule has 1 saturated carbocycles. The molecule has 2 aliphatic rings. The Hall–Kier alpha value is -1.42. The predicted molar refractivity (Wildman–Crippen MR) is 72.1 cm³/mol. The topological polar surface area (TPSA) is 47.6 Å². The molecule has 1 amide bonds. The molecule has 0 radical (unpaired) electrons. The van der Waals surface area contributed by atoms with Crippen molar-refractivity contribution in [3.8, 4) is 11.5 Å². The summed E-state index contributed by atoms with van der Waals surface area (Å²) < 4.78 is 10.9. The van der Waals surface area contributed by atoms with Crippen molar-refractivity contribution in [2.45, 2.75) is 25.8 Å². The van der Waals surface area contributed by atoms with Gasteiger partial charge >= 0.3 is 0 Å². The van der Waals surface area contributed by atoms with Crippen LogP contribution in [0.25, 0.3) is 0 Å². The van der Waals surface area contributed by atoms with Crippen LogP contribution >= 0.6 is 11.6 Å². The molecule has 1 aliphatic carbocycles. The van der Waals surface area contributed by atoms with E-state index in [0.29, 0.717) is 41.2 Å². The van der Waals surface area contributed by atoms with Crippen LogP contribution in [0.4, 0.5) is 0 Å². The third kappa shape index (κ3) is 2.63. The molecule has 1 fully saturated rings. The van der Waals surface area contributed by atoms with E-state index in [0.717, 1.165) is 0 Å². The monoisotopic (exact) mass is 281 g/mol. The number of hydrogen-bond donors (Lipinski definition) is 1. The van der Waals surface area contributed by atoms with Crippen LogP contribution in [0.5, 0.6) is 11.5 Å². The smallest absolute Gasteiger partial charge is 0.251 e. The number of hydrogen-bond acceptors (Lipinski definition) is 3. The number of fused-ring (bicyclic) bond motifs is 1. The van der Waals surface area contributed by atoms with Gasteiger partial charge in [-0.1, -0.05) is 11.6 Å². The molecule has 1 aliphatic heterocycles. The molecule has 102 valence electrons. The number of nitrogens with one attached hydrogen (secondary N) is 1. The van der Waals surface area contributed by atoms with Crippen LogP contribution in [-0.2, 0) is 0 Å². The zero-order valence-corrected chi connectivity index (χ0v) is 11.5. The first-order chi connectivity index (χ1) is 9.15. The van der Waals surface area contributed by atoms with Gasteiger partial charge in [-0.05, 0) is 37.8 Å². The van der Waals surface area contributed by atoms with Crippen LogP contribution < -0.4 is 14.8 Å². The molecule has 0 bridgehead atoms. The molecule has 19 heavy (non-hydrogen) atoms. The van der Waals surface area contributed by atoms with Crippen molar-refractivity contribution < 1.29 is 14.3 Å². The van der Waals surface area contributed by atoms with Crippen LogP contribution in [0.3, 0.4) is 0 Å². The van der Waals surface area contributed by atoms with Crippen molar-refractivity contribution >= 4 is 17.5 Å². The fraction of sp³-hybridized carbons (Fsp3) is 0.500. The normalized spacial score (nSPS) is 18.8. The zero-order valence-electron chi connectivity index (χ0n) is 10.7. The second kappa shape index (κ2) is 4.93. The maximum Gasteiger partial charge on any atom is 0.251 e. The van der Waals surface area contributed by atoms with Crippen LogP contribution in [0.15, 0.2) is 12.1 Å². The minimum absolute atomic E-state index is 0.113. The van der Waals surface area contributed by atoms with Crippen LogP contribution in [0.2, 0.25) is 5.02 Å². The van der Waals surface area contributed by atoms with Crippen molar-refractivity contribution in [2.24, 2.45) is 5.92 Å². The van der Waals surface area contributed by atoms with Gasteiger partial charge in [-0.15, -0.1) is 0 Å². The minimum atomic E-state index is -0.113. The Labute approximate surface area is 117 Å². The van der Waals surface area contributed by atoms with Gasteiger partial charge in [0.15, 0.2) is 11.5 Å². The Morgan fingerprint density at radius 2 is 2.11 bits per heavy atom. The SMILES string of the molecule is CC(NC(=O)c1cc(Cl)c2c(c1)OCCO2)C1CC1. The molecule has 0 spiro atoms. The van der Waals surface area contributed by atoms with Crippen molar-refractivity contribution in [1.82, 2.24) is 5.32 Å². The van der Waals surface area contributed by atoms with E-state index in [2.05, 4.69) is 5.32 Å². The van der Waals surface area contributed by atoms with E-state index in [1.807, 2.05) is 6.92 Å². The third-order valence-electron chi connectivity index (χ3n) is 3.55. The van der Waals surface area contributed by atoms with Crippen molar-refractivity contribution in [2.75, 3.05) is 13.2 Å².